The number of methoxy groups -OCH3 is 3. The average molecular weight is 316 g/mol. The van der Waals surface area contributed by atoms with Crippen LogP contribution >= 0.6 is 0 Å². The van der Waals surface area contributed by atoms with Gasteiger partial charge < -0.3 is 14.2 Å². The fraction of sp³-hybridized carbons (Fsp3) is 0.167. The van der Waals surface area contributed by atoms with Gasteiger partial charge in [-0.2, -0.15) is 0 Å². The van der Waals surface area contributed by atoms with Gasteiger partial charge in [0.2, 0.25) is 0 Å². The van der Waals surface area contributed by atoms with Gasteiger partial charge in [-0.25, -0.2) is 9.18 Å². The van der Waals surface area contributed by atoms with E-state index in [1.54, 1.807) is 37.4 Å². The number of halogens is 1. The number of hydrogen-bond acceptors (Lipinski definition) is 4. The van der Waals surface area contributed by atoms with Crippen LogP contribution in [0, 0.1) is 5.82 Å². The molecule has 0 heterocycles. The van der Waals surface area contributed by atoms with Gasteiger partial charge in [0.1, 0.15) is 17.3 Å². The SMILES string of the molecule is COC(=O)/C=C(/c1ccc(F)cc1)c1cc(OC)ccc1OC. The molecule has 5 heteroatoms. The first-order valence-electron chi connectivity index (χ1n) is 6.87. The van der Waals surface area contributed by atoms with Crippen LogP contribution in [-0.4, -0.2) is 27.3 Å². The maximum absolute atomic E-state index is 13.2. The topological polar surface area (TPSA) is 44.8 Å². The third kappa shape index (κ3) is 3.88. The number of benzene rings is 2. The minimum Gasteiger partial charge on any atom is -0.497 e. The minimum atomic E-state index is -0.519. The summed E-state index contributed by atoms with van der Waals surface area (Å²) in [6.45, 7) is 0. The van der Waals surface area contributed by atoms with Gasteiger partial charge in [-0.05, 0) is 41.5 Å². The maximum Gasteiger partial charge on any atom is 0.331 e. The van der Waals surface area contributed by atoms with Crippen molar-refractivity contribution in [1.82, 2.24) is 0 Å². The Morgan fingerprint density at radius 2 is 1.70 bits per heavy atom. The number of carbonyl (C=O) groups is 1. The molecular weight excluding hydrogens is 299 g/mol. The summed E-state index contributed by atoms with van der Waals surface area (Å²) in [5.41, 5.74) is 1.85. The van der Waals surface area contributed by atoms with Crippen LogP contribution in [0.15, 0.2) is 48.5 Å². The van der Waals surface area contributed by atoms with E-state index in [4.69, 9.17) is 14.2 Å². The van der Waals surface area contributed by atoms with Gasteiger partial charge in [0.15, 0.2) is 0 Å². The van der Waals surface area contributed by atoms with E-state index in [9.17, 15) is 9.18 Å². The van der Waals surface area contributed by atoms with Crippen molar-refractivity contribution in [3.63, 3.8) is 0 Å². The quantitative estimate of drug-likeness (QED) is 0.626. The summed E-state index contributed by atoms with van der Waals surface area (Å²) >= 11 is 0. The summed E-state index contributed by atoms with van der Waals surface area (Å²) in [6, 6.07) is 11.1. The third-order valence-electron chi connectivity index (χ3n) is 3.32. The summed E-state index contributed by atoms with van der Waals surface area (Å²) in [4.78, 5) is 11.7. The van der Waals surface area contributed by atoms with Crippen molar-refractivity contribution in [1.29, 1.82) is 0 Å². The molecule has 2 rings (SSSR count). The third-order valence-corrected chi connectivity index (χ3v) is 3.32. The highest BCUT2D eigenvalue weighted by Crippen LogP contribution is 2.34. The second-order valence-corrected chi connectivity index (χ2v) is 4.65. The summed E-state index contributed by atoms with van der Waals surface area (Å²) in [5, 5.41) is 0. The fourth-order valence-corrected chi connectivity index (χ4v) is 2.15. The first-order valence-corrected chi connectivity index (χ1v) is 6.87. The van der Waals surface area contributed by atoms with Gasteiger partial charge in [0.25, 0.3) is 0 Å². The predicted octanol–water partition coefficient (Wildman–Crippen LogP) is 3.45. The molecule has 0 N–H and O–H groups in total. The second-order valence-electron chi connectivity index (χ2n) is 4.65. The van der Waals surface area contributed by atoms with E-state index in [1.165, 1.54) is 32.4 Å². The highest BCUT2D eigenvalue weighted by Gasteiger charge is 2.14. The lowest BCUT2D eigenvalue weighted by Crippen LogP contribution is -2.00. The molecule has 120 valence electrons. The zero-order chi connectivity index (χ0) is 16.8. The molecule has 0 bridgehead atoms. The van der Waals surface area contributed by atoms with Gasteiger partial charge in [0, 0.05) is 11.6 Å². The van der Waals surface area contributed by atoms with Crippen LogP contribution < -0.4 is 9.47 Å². The van der Waals surface area contributed by atoms with E-state index >= 15 is 0 Å². The van der Waals surface area contributed by atoms with Crippen molar-refractivity contribution in [3.8, 4) is 11.5 Å². The van der Waals surface area contributed by atoms with E-state index in [2.05, 4.69) is 0 Å². The molecule has 0 aliphatic rings. The molecule has 4 nitrogen and oxygen atoms in total. The molecule has 0 saturated carbocycles. The van der Waals surface area contributed by atoms with Crippen molar-refractivity contribution in [2.45, 2.75) is 0 Å². The van der Waals surface area contributed by atoms with Gasteiger partial charge in [-0.15, -0.1) is 0 Å². The van der Waals surface area contributed by atoms with Crippen molar-refractivity contribution in [2.75, 3.05) is 21.3 Å². The Morgan fingerprint density at radius 1 is 1.00 bits per heavy atom. The molecule has 0 unspecified atom stereocenters. The molecule has 0 aliphatic heterocycles. The lowest BCUT2D eigenvalue weighted by molar-refractivity contribution is -0.134. The Morgan fingerprint density at radius 3 is 2.26 bits per heavy atom. The smallest absolute Gasteiger partial charge is 0.331 e. The summed E-state index contributed by atoms with van der Waals surface area (Å²) in [5.74, 6) is 0.293. The number of hydrogen-bond donors (Lipinski definition) is 0. The molecule has 0 aromatic heterocycles. The molecule has 0 spiro atoms. The molecule has 0 fully saturated rings. The molecule has 0 saturated heterocycles. The second kappa shape index (κ2) is 7.45. The molecule has 2 aromatic carbocycles. The molecular formula is C18H17FO4. The van der Waals surface area contributed by atoms with Crippen molar-refractivity contribution < 1.29 is 23.4 Å². The number of carbonyl (C=O) groups excluding carboxylic acids is 1. The van der Waals surface area contributed by atoms with Crippen LogP contribution in [0.1, 0.15) is 11.1 Å². The van der Waals surface area contributed by atoms with E-state index in [1.807, 2.05) is 0 Å². The monoisotopic (exact) mass is 316 g/mol. The molecule has 0 atom stereocenters. The fourth-order valence-electron chi connectivity index (χ4n) is 2.15. The van der Waals surface area contributed by atoms with Crippen molar-refractivity contribution >= 4 is 11.5 Å². The van der Waals surface area contributed by atoms with E-state index in [-0.39, 0.29) is 5.82 Å². The first-order chi connectivity index (χ1) is 11.1. The Labute approximate surface area is 134 Å². The van der Waals surface area contributed by atoms with Gasteiger partial charge in [-0.1, -0.05) is 12.1 Å². The van der Waals surface area contributed by atoms with Gasteiger partial charge in [0.05, 0.1) is 21.3 Å². The highest BCUT2D eigenvalue weighted by molar-refractivity contribution is 5.97. The van der Waals surface area contributed by atoms with Crippen LogP contribution in [-0.2, 0) is 9.53 Å². The average Bonchev–Trinajstić information content (AvgIpc) is 2.59. The standard InChI is InChI=1S/C18H17FO4/c1-21-14-8-9-17(22-2)16(10-14)15(11-18(20)23-3)12-4-6-13(19)7-5-12/h4-11H,1-3H3/b15-11-. The number of rotatable bonds is 5. The zero-order valence-corrected chi connectivity index (χ0v) is 13.1. The molecule has 23 heavy (non-hydrogen) atoms. The van der Waals surface area contributed by atoms with Crippen LogP contribution in [0.3, 0.4) is 0 Å². The maximum atomic E-state index is 13.2. The van der Waals surface area contributed by atoms with Gasteiger partial charge in [-0.3, -0.25) is 0 Å². The van der Waals surface area contributed by atoms with Crippen LogP contribution in [0.2, 0.25) is 0 Å². The predicted molar refractivity (Wildman–Crippen MR) is 85.0 cm³/mol. The molecule has 0 amide bonds. The minimum absolute atomic E-state index is 0.358. The Bertz CT molecular complexity index is 720. The van der Waals surface area contributed by atoms with E-state index < -0.39 is 5.97 Å². The summed E-state index contributed by atoms with van der Waals surface area (Å²) < 4.78 is 28.5. The number of ether oxygens (including phenoxy) is 3. The Balaban J connectivity index is 2.64. The summed E-state index contributed by atoms with van der Waals surface area (Å²) in [7, 11) is 4.38. The first kappa shape index (κ1) is 16.5. The van der Waals surface area contributed by atoms with Crippen molar-refractivity contribution in [3.05, 3.63) is 65.5 Å². The van der Waals surface area contributed by atoms with Crippen molar-refractivity contribution in [2.24, 2.45) is 0 Å². The van der Waals surface area contributed by atoms with Gasteiger partial charge >= 0.3 is 5.97 Å². The Kier molecular flexibility index (Phi) is 5.36. The summed E-state index contributed by atoms with van der Waals surface area (Å²) in [6.07, 6.45) is 1.34. The normalized spacial score (nSPS) is 11.0. The highest BCUT2D eigenvalue weighted by atomic mass is 19.1. The largest absolute Gasteiger partial charge is 0.497 e. The molecule has 2 aromatic rings. The van der Waals surface area contributed by atoms with Crippen LogP contribution in [0.25, 0.3) is 5.57 Å². The zero-order valence-electron chi connectivity index (χ0n) is 13.1. The molecule has 0 radical (unpaired) electrons. The van der Waals surface area contributed by atoms with Crippen LogP contribution in [0.5, 0.6) is 11.5 Å². The molecule has 0 aliphatic carbocycles. The lowest BCUT2D eigenvalue weighted by Gasteiger charge is -2.14. The lowest BCUT2D eigenvalue weighted by atomic mass is 9.96. The number of esters is 1. The van der Waals surface area contributed by atoms with E-state index in [0.29, 0.717) is 28.2 Å². The Hall–Kier alpha value is -2.82. The van der Waals surface area contributed by atoms with Crippen LogP contribution in [0.4, 0.5) is 4.39 Å². The van der Waals surface area contributed by atoms with E-state index in [0.717, 1.165) is 0 Å².